The first kappa shape index (κ1) is 8.93. The summed E-state index contributed by atoms with van der Waals surface area (Å²) in [5.41, 5.74) is 6.32. The molecule has 1 aromatic rings. The van der Waals surface area contributed by atoms with E-state index in [2.05, 4.69) is 22.4 Å². The first-order valence-corrected chi connectivity index (χ1v) is 4.11. The van der Waals surface area contributed by atoms with Crippen LogP contribution in [0.15, 0.2) is 12.1 Å². The number of nitrogen functional groups attached to an aromatic ring is 1. The van der Waals surface area contributed by atoms with Crippen LogP contribution in [0.2, 0.25) is 0 Å². The fraction of sp³-hybridized carbons (Fsp3) is 0.500. The largest absolute Gasteiger partial charge is 0.382 e. The van der Waals surface area contributed by atoms with Crippen molar-refractivity contribution in [1.82, 2.24) is 15.5 Å². The van der Waals surface area contributed by atoms with Gasteiger partial charge >= 0.3 is 0 Å². The molecule has 66 valence electrons. The van der Waals surface area contributed by atoms with Crippen LogP contribution >= 0.6 is 0 Å². The van der Waals surface area contributed by atoms with Gasteiger partial charge in [0.05, 0.1) is 5.69 Å². The predicted molar refractivity (Wildman–Crippen MR) is 48.4 cm³/mol. The van der Waals surface area contributed by atoms with Gasteiger partial charge in [-0.3, -0.25) is 0 Å². The number of nitrogens with one attached hydrogen (secondary N) is 1. The van der Waals surface area contributed by atoms with Gasteiger partial charge in [-0.2, -0.15) is 5.10 Å². The molecule has 0 saturated heterocycles. The Labute approximate surface area is 72.2 Å². The molecule has 4 nitrogen and oxygen atoms in total. The highest BCUT2D eigenvalue weighted by Crippen LogP contribution is 1.95. The second kappa shape index (κ2) is 4.66. The second-order valence-electron chi connectivity index (χ2n) is 2.63. The highest BCUT2D eigenvalue weighted by molar-refractivity contribution is 5.25. The van der Waals surface area contributed by atoms with Gasteiger partial charge in [0.15, 0.2) is 0 Å². The maximum absolute atomic E-state index is 5.39. The molecule has 0 aliphatic heterocycles. The SMILES string of the molecule is CCCNCc1ccc(N)nn1. The number of rotatable bonds is 4. The molecule has 0 amide bonds. The van der Waals surface area contributed by atoms with E-state index in [0.717, 1.165) is 25.2 Å². The molecule has 4 heteroatoms. The van der Waals surface area contributed by atoms with Crippen molar-refractivity contribution in [2.75, 3.05) is 12.3 Å². The average Bonchev–Trinajstić information content (AvgIpc) is 2.09. The fourth-order valence-corrected chi connectivity index (χ4v) is 0.858. The fourth-order valence-electron chi connectivity index (χ4n) is 0.858. The van der Waals surface area contributed by atoms with E-state index in [1.54, 1.807) is 6.07 Å². The lowest BCUT2D eigenvalue weighted by Gasteiger charge is -2.00. The van der Waals surface area contributed by atoms with Crippen molar-refractivity contribution >= 4 is 5.82 Å². The Hall–Kier alpha value is -1.16. The first-order chi connectivity index (χ1) is 5.83. The lowest BCUT2D eigenvalue weighted by atomic mass is 10.3. The van der Waals surface area contributed by atoms with E-state index < -0.39 is 0 Å². The standard InChI is InChI=1S/C8H14N4/c1-2-5-10-6-7-3-4-8(9)12-11-7/h3-4,10H,2,5-6H2,1H3,(H2,9,12). The van der Waals surface area contributed by atoms with Gasteiger partial charge in [-0.05, 0) is 25.1 Å². The van der Waals surface area contributed by atoms with Gasteiger partial charge < -0.3 is 11.1 Å². The third-order valence-electron chi connectivity index (χ3n) is 1.47. The number of nitrogens with zero attached hydrogens (tertiary/aromatic N) is 2. The zero-order valence-corrected chi connectivity index (χ0v) is 7.25. The Morgan fingerprint density at radius 1 is 1.42 bits per heavy atom. The summed E-state index contributed by atoms with van der Waals surface area (Å²) in [6.45, 7) is 3.90. The van der Waals surface area contributed by atoms with E-state index in [9.17, 15) is 0 Å². The van der Waals surface area contributed by atoms with E-state index in [-0.39, 0.29) is 0 Å². The zero-order valence-electron chi connectivity index (χ0n) is 7.25. The molecule has 1 heterocycles. The molecule has 0 radical (unpaired) electrons. The molecule has 0 aliphatic carbocycles. The molecular weight excluding hydrogens is 152 g/mol. The number of hydrogen-bond donors (Lipinski definition) is 2. The topological polar surface area (TPSA) is 63.8 Å². The minimum atomic E-state index is 0.467. The maximum atomic E-state index is 5.39. The Balaban J connectivity index is 2.37. The molecule has 0 saturated carbocycles. The van der Waals surface area contributed by atoms with E-state index in [4.69, 9.17) is 5.73 Å². The summed E-state index contributed by atoms with van der Waals surface area (Å²) >= 11 is 0. The third kappa shape index (κ3) is 2.84. The van der Waals surface area contributed by atoms with Crippen molar-refractivity contribution in [2.45, 2.75) is 19.9 Å². The van der Waals surface area contributed by atoms with Crippen molar-refractivity contribution in [3.8, 4) is 0 Å². The molecular formula is C8H14N4. The summed E-state index contributed by atoms with van der Waals surface area (Å²) in [5.74, 6) is 0.467. The van der Waals surface area contributed by atoms with Crippen LogP contribution in [-0.2, 0) is 6.54 Å². The maximum Gasteiger partial charge on any atom is 0.146 e. The summed E-state index contributed by atoms with van der Waals surface area (Å²) in [4.78, 5) is 0. The highest BCUT2D eigenvalue weighted by Gasteiger charge is 1.93. The number of nitrogens with two attached hydrogens (primary N) is 1. The first-order valence-electron chi connectivity index (χ1n) is 4.11. The van der Waals surface area contributed by atoms with E-state index >= 15 is 0 Å². The molecule has 12 heavy (non-hydrogen) atoms. The third-order valence-corrected chi connectivity index (χ3v) is 1.47. The van der Waals surface area contributed by atoms with Gasteiger partial charge in [0.25, 0.3) is 0 Å². The van der Waals surface area contributed by atoms with E-state index in [0.29, 0.717) is 5.82 Å². The highest BCUT2D eigenvalue weighted by atomic mass is 15.1. The Morgan fingerprint density at radius 2 is 2.25 bits per heavy atom. The normalized spacial score (nSPS) is 10.1. The van der Waals surface area contributed by atoms with Crippen molar-refractivity contribution in [3.05, 3.63) is 17.8 Å². The second-order valence-corrected chi connectivity index (χ2v) is 2.63. The summed E-state index contributed by atoms with van der Waals surface area (Å²) < 4.78 is 0. The van der Waals surface area contributed by atoms with Crippen LogP contribution in [0.4, 0.5) is 5.82 Å². The molecule has 1 aromatic heterocycles. The number of aromatic nitrogens is 2. The Kier molecular flexibility index (Phi) is 3.47. The Bertz CT molecular complexity index is 219. The van der Waals surface area contributed by atoms with Crippen LogP contribution in [0.1, 0.15) is 19.0 Å². The molecule has 0 unspecified atom stereocenters. The van der Waals surface area contributed by atoms with E-state index in [1.807, 2.05) is 6.07 Å². The molecule has 0 spiro atoms. The molecule has 0 bridgehead atoms. The van der Waals surface area contributed by atoms with Gasteiger partial charge in [0.2, 0.25) is 0 Å². The monoisotopic (exact) mass is 166 g/mol. The van der Waals surface area contributed by atoms with Crippen LogP contribution in [0.25, 0.3) is 0 Å². The van der Waals surface area contributed by atoms with Crippen LogP contribution in [0.3, 0.4) is 0 Å². The minimum Gasteiger partial charge on any atom is -0.382 e. The van der Waals surface area contributed by atoms with Crippen LogP contribution in [0, 0.1) is 0 Å². The molecule has 0 atom stereocenters. The summed E-state index contributed by atoms with van der Waals surface area (Å²) in [7, 11) is 0. The summed E-state index contributed by atoms with van der Waals surface area (Å²) in [5, 5.41) is 10.9. The van der Waals surface area contributed by atoms with Crippen molar-refractivity contribution in [1.29, 1.82) is 0 Å². The van der Waals surface area contributed by atoms with Crippen LogP contribution in [-0.4, -0.2) is 16.7 Å². The molecule has 0 aromatic carbocycles. The zero-order chi connectivity index (χ0) is 8.81. The smallest absolute Gasteiger partial charge is 0.146 e. The van der Waals surface area contributed by atoms with Crippen molar-refractivity contribution < 1.29 is 0 Å². The van der Waals surface area contributed by atoms with Gasteiger partial charge in [-0.1, -0.05) is 6.92 Å². The average molecular weight is 166 g/mol. The molecule has 1 rings (SSSR count). The predicted octanol–water partition coefficient (Wildman–Crippen LogP) is 0.558. The van der Waals surface area contributed by atoms with Crippen molar-refractivity contribution in [2.24, 2.45) is 0 Å². The lowest BCUT2D eigenvalue weighted by Crippen LogP contribution is -2.15. The van der Waals surface area contributed by atoms with Crippen LogP contribution < -0.4 is 11.1 Å². The Morgan fingerprint density at radius 3 is 2.83 bits per heavy atom. The van der Waals surface area contributed by atoms with Gasteiger partial charge in [0.1, 0.15) is 5.82 Å². The summed E-state index contributed by atoms with van der Waals surface area (Å²) in [6, 6.07) is 3.64. The molecule has 3 N–H and O–H groups in total. The van der Waals surface area contributed by atoms with Crippen molar-refractivity contribution in [3.63, 3.8) is 0 Å². The lowest BCUT2D eigenvalue weighted by molar-refractivity contribution is 0.657. The molecule has 0 aliphatic rings. The number of hydrogen-bond acceptors (Lipinski definition) is 4. The quantitative estimate of drug-likeness (QED) is 0.641. The minimum absolute atomic E-state index is 0.467. The van der Waals surface area contributed by atoms with Crippen LogP contribution in [0.5, 0.6) is 0 Å². The number of anilines is 1. The van der Waals surface area contributed by atoms with Gasteiger partial charge in [-0.15, -0.1) is 5.10 Å². The summed E-state index contributed by atoms with van der Waals surface area (Å²) in [6.07, 6.45) is 1.13. The van der Waals surface area contributed by atoms with Gasteiger partial charge in [0, 0.05) is 6.54 Å². The molecule has 0 fully saturated rings. The van der Waals surface area contributed by atoms with Gasteiger partial charge in [-0.25, -0.2) is 0 Å². The van der Waals surface area contributed by atoms with E-state index in [1.165, 1.54) is 0 Å².